The summed E-state index contributed by atoms with van der Waals surface area (Å²) in [6, 6.07) is 6.26. The molecule has 0 aliphatic carbocycles. The summed E-state index contributed by atoms with van der Waals surface area (Å²) in [5.74, 6) is -0.118. The van der Waals surface area contributed by atoms with Gasteiger partial charge in [0.2, 0.25) is 5.91 Å². The van der Waals surface area contributed by atoms with Crippen molar-refractivity contribution in [2.75, 3.05) is 19.7 Å². The molecule has 1 aliphatic rings. The van der Waals surface area contributed by atoms with Crippen LogP contribution in [0.5, 0.6) is 0 Å². The Morgan fingerprint density at radius 2 is 2.06 bits per heavy atom. The van der Waals surface area contributed by atoms with Gasteiger partial charge in [-0.2, -0.15) is 0 Å². The van der Waals surface area contributed by atoms with E-state index in [1.165, 1.54) is 12.1 Å². The molecule has 1 saturated heterocycles. The zero-order valence-corrected chi connectivity index (χ0v) is 10.7. The van der Waals surface area contributed by atoms with Crippen LogP contribution in [-0.2, 0) is 9.53 Å². The lowest BCUT2D eigenvalue weighted by atomic mass is 10.1. The molecule has 1 aromatic carbocycles. The Hall–Kier alpha value is -1.42. The molecule has 0 radical (unpaired) electrons. The molecule has 1 heterocycles. The predicted molar refractivity (Wildman–Crippen MR) is 66.5 cm³/mol. The van der Waals surface area contributed by atoms with Crippen LogP contribution < -0.4 is 0 Å². The van der Waals surface area contributed by atoms with Crippen LogP contribution in [0.15, 0.2) is 24.3 Å². The molecule has 1 atom stereocenters. The number of amides is 1. The normalized spacial score (nSPS) is 20.2. The fourth-order valence-corrected chi connectivity index (χ4v) is 2.09. The van der Waals surface area contributed by atoms with Crippen molar-refractivity contribution in [3.63, 3.8) is 0 Å². The molecule has 0 bridgehead atoms. The van der Waals surface area contributed by atoms with Crippen molar-refractivity contribution in [1.29, 1.82) is 0 Å². The first-order chi connectivity index (χ1) is 8.58. The summed E-state index contributed by atoms with van der Waals surface area (Å²) < 4.78 is 18.5. The minimum atomic E-state index is -0.260. The maximum Gasteiger partial charge on any atom is 0.225 e. The van der Waals surface area contributed by atoms with E-state index in [-0.39, 0.29) is 23.7 Å². The van der Waals surface area contributed by atoms with Gasteiger partial charge >= 0.3 is 0 Å². The van der Waals surface area contributed by atoms with Crippen molar-refractivity contribution in [2.45, 2.75) is 20.0 Å². The minimum Gasteiger partial charge on any atom is -0.370 e. The lowest BCUT2D eigenvalue weighted by Gasteiger charge is -2.34. The molecule has 1 aromatic rings. The van der Waals surface area contributed by atoms with Gasteiger partial charge in [-0.25, -0.2) is 4.39 Å². The molecule has 0 aromatic heterocycles. The maximum absolute atomic E-state index is 12.9. The number of rotatable bonds is 2. The molecule has 1 fully saturated rings. The van der Waals surface area contributed by atoms with Crippen LogP contribution in [0.4, 0.5) is 4.39 Å². The number of carbonyl (C=O) groups is 1. The fourth-order valence-electron chi connectivity index (χ4n) is 2.09. The Kier molecular flexibility index (Phi) is 3.97. The van der Waals surface area contributed by atoms with Crippen molar-refractivity contribution >= 4 is 5.91 Å². The van der Waals surface area contributed by atoms with Gasteiger partial charge < -0.3 is 9.64 Å². The Bertz CT molecular complexity index is 416. The highest BCUT2D eigenvalue weighted by molar-refractivity contribution is 5.78. The summed E-state index contributed by atoms with van der Waals surface area (Å²) in [6.45, 7) is 5.49. The zero-order valence-electron chi connectivity index (χ0n) is 10.7. The van der Waals surface area contributed by atoms with Gasteiger partial charge in [-0.15, -0.1) is 0 Å². The van der Waals surface area contributed by atoms with Crippen molar-refractivity contribution in [3.8, 4) is 0 Å². The number of hydrogen-bond donors (Lipinski definition) is 0. The van der Waals surface area contributed by atoms with Crippen LogP contribution in [0, 0.1) is 11.7 Å². The first-order valence-corrected chi connectivity index (χ1v) is 6.24. The highest BCUT2D eigenvalue weighted by Gasteiger charge is 2.26. The van der Waals surface area contributed by atoms with Crippen molar-refractivity contribution in [3.05, 3.63) is 35.6 Å². The summed E-state index contributed by atoms with van der Waals surface area (Å²) >= 11 is 0. The summed E-state index contributed by atoms with van der Waals surface area (Å²) in [4.78, 5) is 13.8. The number of nitrogens with zero attached hydrogens (tertiary/aromatic N) is 1. The highest BCUT2D eigenvalue weighted by atomic mass is 19.1. The van der Waals surface area contributed by atoms with E-state index < -0.39 is 0 Å². The van der Waals surface area contributed by atoms with Crippen LogP contribution in [0.3, 0.4) is 0 Å². The van der Waals surface area contributed by atoms with Gasteiger partial charge in [0.15, 0.2) is 0 Å². The number of morpholine rings is 1. The highest BCUT2D eigenvalue weighted by Crippen LogP contribution is 2.23. The van der Waals surface area contributed by atoms with E-state index in [1.54, 1.807) is 12.1 Å². The van der Waals surface area contributed by atoms with Crippen LogP contribution in [-0.4, -0.2) is 30.5 Å². The van der Waals surface area contributed by atoms with Crippen LogP contribution >= 0.6 is 0 Å². The predicted octanol–water partition coefficient (Wildman–Crippen LogP) is 2.38. The van der Waals surface area contributed by atoms with E-state index in [1.807, 2.05) is 18.7 Å². The molecule has 1 unspecified atom stereocenters. The van der Waals surface area contributed by atoms with Crippen LogP contribution in [0.25, 0.3) is 0 Å². The molecule has 4 heteroatoms. The second-order valence-electron chi connectivity index (χ2n) is 4.85. The van der Waals surface area contributed by atoms with E-state index >= 15 is 0 Å². The quantitative estimate of drug-likeness (QED) is 0.807. The third-order valence-corrected chi connectivity index (χ3v) is 3.11. The topological polar surface area (TPSA) is 29.5 Å². The van der Waals surface area contributed by atoms with Crippen molar-refractivity contribution < 1.29 is 13.9 Å². The standard InChI is InChI=1S/C14H18FNO2/c1-10(2)14(17)16-7-8-18-13(9-16)11-3-5-12(15)6-4-11/h3-6,10,13H,7-9H2,1-2H3. The molecule has 0 N–H and O–H groups in total. The second-order valence-corrected chi connectivity index (χ2v) is 4.85. The molecule has 2 rings (SSSR count). The van der Waals surface area contributed by atoms with Crippen molar-refractivity contribution in [1.82, 2.24) is 4.90 Å². The number of carbonyl (C=O) groups excluding carboxylic acids is 1. The van der Waals surface area contributed by atoms with Crippen LogP contribution in [0.2, 0.25) is 0 Å². The Morgan fingerprint density at radius 3 is 2.67 bits per heavy atom. The molecule has 98 valence electrons. The number of halogens is 1. The monoisotopic (exact) mass is 251 g/mol. The number of hydrogen-bond acceptors (Lipinski definition) is 2. The van der Waals surface area contributed by atoms with E-state index in [0.29, 0.717) is 19.7 Å². The molecule has 0 saturated carbocycles. The third kappa shape index (κ3) is 2.88. The lowest BCUT2D eigenvalue weighted by molar-refractivity contribution is -0.142. The van der Waals surface area contributed by atoms with E-state index in [0.717, 1.165) is 5.56 Å². The van der Waals surface area contributed by atoms with Gasteiger partial charge in [0, 0.05) is 12.5 Å². The minimum absolute atomic E-state index is 0.00281. The first-order valence-electron chi connectivity index (χ1n) is 6.24. The average molecular weight is 251 g/mol. The Labute approximate surface area is 107 Å². The maximum atomic E-state index is 12.9. The second kappa shape index (κ2) is 5.48. The third-order valence-electron chi connectivity index (χ3n) is 3.11. The summed E-state index contributed by atoms with van der Waals surface area (Å²) in [7, 11) is 0. The van der Waals surface area contributed by atoms with E-state index in [2.05, 4.69) is 0 Å². The van der Waals surface area contributed by atoms with Crippen molar-refractivity contribution in [2.24, 2.45) is 5.92 Å². The number of benzene rings is 1. The summed E-state index contributed by atoms with van der Waals surface area (Å²) in [5, 5.41) is 0. The van der Waals surface area contributed by atoms with Crippen LogP contribution in [0.1, 0.15) is 25.5 Å². The Balaban J connectivity index is 2.07. The SMILES string of the molecule is CC(C)C(=O)N1CCOC(c2ccc(F)cc2)C1. The molecule has 3 nitrogen and oxygen atoms in total. The van der Waals surface area contributed by atoms with Gasteiger partial charge in [0.1, 0.15) is 11.9 Å². The largest absolute Gasteiger partial charge is 0.370 e. The van der Waals surface area contributed by atoms with E-state index in [9.17, 15) is 9.18 Å². The lowest BCUT2D eigenvalue weighted by Crippen LogP contribution is -2.44. The molecular weight excluding hydrogens is 233 g/mol. The smallest absolute Gasteiger partial charge is 0.225 e. The zero-order chi connectivity index (χ0) is 13.1. The van der Waals surface area contributed by atoms with Gasteiger partial charge in [0.05, 0.1) is 13.2 Å². The fraction of sp³-hybridized carbons (Fsp3) is 0.500. The molecular formula is C14H18FNO2. The summed E-state index contributed by atoms with van der Waals surface area (Å²) in [6.07, 6.45) is -0.151. The molecule has 0 spiro atoms. The first kappa shape index (κ1) is 13.0. The van der Waals surface area contributed by atoms with Gasteiger partial charge in [-0.1, -0.05) is 26.0 Å². The molecule has 1 aliphatic heterocycles. The summed E-state index contributed by atoms with van der Waals surface area (Å²) in [5.41, 5.74) is 0.914. The van der Waals surface area contributed by atoms with Gasteiger partial charge in [-0.05, 0) is 17.7 Å². The van der Waals surface area contributed by atoms with Gasteiger partial charge in [0.25, 0.3) is 0 Å². The average Bonchev–Trinajstić information content (AvgIpc) is 2.38. The molecule has 1 amide bonds. The number of ether oxygens (including phenoxy) is 1. The Morgan fingerprint density at radius 1 is 1.39 bits per heavy atom. The molecule has 18 heavy (non-hydrogen) atoms. The van der Waals surface area contributed by atoms with Gasteiger partial charge in [-0.3, -0.25) is 4.79 Å². The van der Waals surface area contributed by atoms with E-state index in [4.69, 9.17) is 4.74 Å².